The van der Waals surface area contributed by atoms with Gasteiger partial charge in [-0.3, -0.25) is 14.5 Å². The summed E-state index contributed by atoms with van der Waals surface area (Å²) in [5.74, 6) is -0.0553. The van der Waals surface area contributed by atoms with E-state index in [0.717, 1.165) is 11.8 Å². The van der Waals surface area contributed by atoms with Gasteiger partial charge in [-0.25, -0.2) is 0 Å². The first-order chi connectivity index (χ1) is 14.4. The van der Waals surface area contributed by atoms with Gasteiger partial charge in [0.05, 0.1) is 11.5 Å². The summed E-state index contributed by atoms with van der Waals surface area (Å²) in [4.78, 5) is 26.7. The van der Waals surface area contributed by atoms with Gasteiger partial charge in [0.2, 0.25) is 5.91 Å². The number of nitrogens with one attached hydrogen (secondary N) is 1. The van der Waals surface area contributed by atoms with Gasteiger partial charge in [0, 0.05) is 18.7 Å². The lowest BCUT2D eigenvalue weighted by atomic mass is 10.2. The fourth-order valence-corrected chi connectivity index (χ4v) is 4.03. The van der Waals surface area contributed by atoms with Crippen LogP contribution in [0.2, 0.25) is 0 Å². The van der Waals surface area contributed by atoms with Crippen LogP contribution in [0.15, 0.2) is 47.4 Å². The first-order valence-corrected chi connectivity index (χ1v) is 10.4. The van der Waals surface area contributed by atoms with Crippen LogP contribution in [0.1, 0.15) is 18.9 Å². The maximum Gasteiger partial charge on any atom is 0.266 e. The molecule has 1 aliphatic rings. The number of thiocarbonyl (C=S) groups is 1. The van der Waals surface area contributed by atoms with Crippen LogP contribution in [0.4, 0.5) is 5.69 Å². The van der Waals surface area contributed by atoms with Crippen molar-refractivity contribution in [1.82, 2.24) is 4.90 Å². The molecular weight excluding hydrogens is 424 g/mol. The minimum atomic E-state index is -0.270. The molecule has 1 fully saturated rings. The highest BCUT2D eigenvalue weighted by atomic mass is 32.2. The van der Waals surface area contributed by atoms with Crippen molar-refractivity contribution in [2.75, 3.05) is 18.5 Å². The second kappa shape index (κ2) is 9.64. The lowest BCUT2D eigenvalue weighted by Gasteiger charge is -2.14. The van der Waals surface area contributed by atoms with Crippen LogP contribution in [0.5, 0.6) is 17.2 Å². The van der Waals surface area contributed by atoms with Crippen molar-refractivity contribution in [2.45, 2.75) is 13.3 Å². The number of rotatable bonds is 7. The average molecular weight is 445 g/mol. The molecule has 0 aromatic heterocycles. The van der Waals surface area contributed by atoms with Crippen molar-refractivity contribution in [3.63, 3.8) is 0 Å². The van der Waals surface area contributed by atoms with Crippen molar-refractivity contribution in [3.05, 3.63) is 52.9 Å². The molecule has 2 amide bonds. The summed E-state index contributed by atoms with van der Waals surface area (Å²) in [6, 6.07) is 11.0. The Balaban J connectivity index is 1.63. The zero-order valence-corrected chi connectivity index (χ0v) is 17.8. The maximum absolute atomic E-state index is 12.7. The van der Waals surface area contributed by atoms with E-state index < -0.39 is 0 Å². The van der Waals surface area contributed by atoms with Gasteiger partial charge in [0.25, 0.3) is 5.91 Å². The number of thioether (sulfide) groups is 1. The molecule has 2 aromatic carbocycles. The van der Waals surface area contributed by atoms with Crippen LogP contribution in [-0.4, -0.2) is 44.4 Å². The number of carbonyl (C=O) groups is 2. The number of hydrogen-bond donors (Lipinski definition) is 3. The Morgan fingerprint density at radius 1 is 1.23 bits per heavy atom. The van der Waals surface area contributed by atoms with E-state index in [1.807, 2.05) is 6.92 Å². The average Bonchev–Trinajstić information content (AvgIpc) is 2.97. The third kappa shape index (κ3) is 5.31. The monoisotopic (exact) mass is 444 g/mol. The molecule has 0 aliphatic carbocycles. The van der Waals surface area contributed by atoms with Gasteiger partial charge in [-0.1, -0.05) is 30.0 Å². The molecule has 0 spiro atoms. The highest BCUT2D eigenvalue weighted by Crippen LogP contribution is 2.34. The minimum absolute atomic E-state index is 0.0289. The second-order valence-electron chi connectivity index (χ2n) is 6.34. The summed E-state index contributed by atoms with van der Waals surface area (Å²) in [7, 11) is 0. The molecule has 1 heterocycles. The van der Waals surface area contributed by atoms with E-state index in [1.54, 1.807) is 30.3 Å². The van der Waals surface area contributed by atoms with E-state index in [-0.39, 0.29) is 36.3 Å². The Bertz CT molecular complexity index is 1000. The normalized spacial score (nSPS) is 15.0. The van der Waals surface area contributed by atoms with E-state index in [4.69, 9.17) is 17.0 Å². The third-order valence-corrected chi connectivity index (χ3v) is 5.55. The smallest absolute Gasteiger partial charge is 0.266 e. The van der Waals surface area contributed by atoms with Gasteiger partial charge in [0.15, 0.2) is 11.5 Å². The van der Waals surface area contributed by atoms with Crippen molar-refractivity contribution in [1.29, 1.82) is 0 Å². The first-order valence-electron chi connectivity index (χ1n) is 9.17. The van der Waals surface area contributed by atoms with Gasteiger partial charge in [-0.05, 0) is 55.0 Å². The zero-order valence-electron chi connectivity index (χ0n) is 16.1. The van der Waals surface area contributed by atoms with Crippen molar-refractivity contribution in [2.24, 2.45) is 0 Å². The Hall–Kier alpha value is -3.04. The van der Waals surface area contributed by atoms with Crippen LogP contribution in [-0.2, 0) is 9.59 Å². The number of benzene rings is 2. The van der Waals surface area contributed by atoms with Gasteiger partial charge >= 0.3 is 0 Å². The first kappa shape index (κ1) is 21.7. The van der Waals surface area contributed by atoms with Crippen LogP contribution < -0.4 is 10.1 Å². The van der Waals surface area contributed by atoms with E-state index in [1.165, 1.54) is 23.1 Å². The molecule has 30 heavy (non-hydrogen) atoms. The van der Waals surface area contributed by atoms with Crippen LogP contribution in [0, 0.1) is 0 Å². The molecule has 156 valence electrons. The molecule has 0 radical (unpaired) electrons. The Labute approximate surface area is 183 Å². The highest BCUT2D eigenvalue weighted by Gasteiger charge is 2.32. The van der Waals surface area contributed by atoms with E-state index >= 15 is 0 Å². The topological polar surface area (TPSA) is 99.1 Å². The number of phenols is 2. The SMILES string of the molecule is CCOc1cc(/C=C2\SC(=S)N(CCC(=O)Nc3ccc(O)cc3)C2=O)ccc1O. The predicted molar refractivity (Wildman–Crippen MR) is 121 cm³/mol. The molecule has 1 saturated heterocycles. The molecular formula is C21H20N2O5S2. The third-order valence-electron chi connectivity index (χ3n) is 4.17. The fraction of sp³-hybridized carbons (Fsp3) is 0.190. The van der Waals surface area contributed by atoms with Crippen molar-refractivity contribution in [3.8, 4) is 17.2 Å². The van der Waals surface area contributed by atoms with Crippen molar-refractivity contribution >= 4 is 51.9 Å². The maximum atomic E-state index is 12.7. The Kier molecular flexibility index (Phi) is 6.96. The standard InChI is InChI=1S/C21H20N2O5S2/c1-2-28-17-11-13(3-8-16(17)25)12-18-20(27)23(21(29)30-18)10-9-19(26)22-14-4-6-15(24)7-5-14/h3-8,11-12,24-25H,2,9-10H2,1H3,(H,22,26)/b18-12-. The Morgan fingerprint density at radius 3 is 2.67 bits per heavy atom. The molecule has 0 unspecified atom stereocenters. The predicted octanol–water partition coefficient (Wildman–Crippen LogP) is 3.73. The van der Waals surface area contributed by atoms with Crippen LogP contribution in [0.3, 0.4) is 0 Å². The largest absolute Gasteiger partial charge is 0.508 e. The van der Waals surface area contributed by atoms with Gasteiger partial charge in [-0.15, -0.1) is 0 Å². The molecule has 9 heteroatoms. The molecule has 0 saturated carbocycles. The van der Waals surface area contributed by atoms with E-state index in [2.05, 4.69) is 5.32 Å². The van der Waals surface area contributed by atoms with Gasteiger partial charge in [0.1, 0.15) is 10.1 Å². The summed E-state index contributed by atoms with van der Waals surface area (Å²) in [5.41, 5.74) is 1.25. The summed E-state index contributed by atoms with van der Waals surface area (Å²) in [6.07, 6.45) is 1.76. The fourth-order valence-electron chi connectivity index (χ4n) is 2.72. The summed E-state index contributed by atoms with van der Waals surface area (Å²) < 4.78 is 5.75. The van der Waals surface area contributed by atoms with E-state index in [0.29, 0.717) is 32.8 Å². The highest BCUT2D eigenvalue weighted by molar-refractivity contribution is 8.26. The lowest BCUT2D eigenvalue weighted by molar-refractivity contribution is -0.122. The number of carbonyl (C=O) groups excluding carboxylic acids is 2. The van der Waals surface area contributed by atoms with E-state index in [9.17, 15) is 19.8 Å². The molecule has 1 aliphatic heterocycles. The lowest BCUT2D eigenvalue weighted by Crippen LogP contribution is -2.31. The minimum Gasteiger partial charge on any atom is -0.508 e. The molecule has 7 nitrogen and oxygen atoms in total. The zero-order chi connectivity index (χ0) is 21.7. The number of ether oxygens (including phenoxy) is 1. The summed E-state index contributed by atoms with van der Waals surface area (Å²) in [6.45, 7) is 2.38. The quantitative estimate of drug-likeness (QED) is 0.340. The number of nitrogens with zero attached hydrogens (tertiary/aromatic N) is 1. The van der Waals surface area contributed by atoms with Crippen molar-refractivity contribution < 1.29 is 24.5 Å². The van der Waals surface area contributed by atoms with Crippen LogP contribution in [0.25, 0.3) is 6.08 Å². The molecule has 3 rings (SSSR count). The number of phenolic OH excluding ortho intramolecular Hbond substituents is 2. The van der Waals surface area contributed by atoms with Gasteiger partial charge < -0.3 is 20.3 Å². The summed E-state index contributed by atoms with van der Waals surface area (Å²) in [5, 5.41) is 21.8. The number of hydrogen-bond acceptors (Lipinski definition) is 7. The number of aromatic hydroxyl groups is 2. The second-order valence-corrected chi connectivity index (χ2v) is 8.01. The molecule has 3 N–H and O–H groups in total. The number of amides is 2. The van der Waals surface area contributed by atoms with Gasteiger partial charge in [-0.2, -0.15) is 0 Å². The number of anilines is 1. The molecule has 2 aromatic rings. The molecule has 0 bridgehead atoms. The van der Waals surface area contributed by atoms with Crippen LogP contribution >= 0.6 is 24.0 Å². The summed E-state index contributed by atoms with van der Waals surface area (Å²) >= 11 is 6.46. The molecule has 0 atom stereocenters. The Morgan fingerprint density at radius 2 is 1.97 bits per heavy atom.